The van der Waals surface area contributed by atoms with Gasteiger partial charge >= 0.3 is 6.18 Å². The van der Waals surface area contributed by atoms with Crippen molar-refractivity contribution in [3.8, 4) is 0 Å². The molecule has 0 spiro atoms. The molecule has 0 unspecified atom stereocenters. The van der Waals surface area contributed by atoms with Crippen LogP contribution < -0.4 is 10.6 Å². The Hall–Kier alpha value is -1.23. The van der Waals surface area contributed by atoms with Crippen LogP contribution in [0.2, 0.25) is 0 Å². The standard InChI is InChI=1S/C16H21F3N2/c17-16(18,19)15-6-5-14(7-13(15)8-20)21(9-11-1-2-11)10-12-3-4-12/h5-7,11-12H,1-4,8-10,20H2. The fourth-order valence-electron chi connectivity index (χ4n) is 2.73. The molecule has 3 rings (SSSR count). The molecule has 2 aliphatic carbocycles. The molecular formula is C16H21F3N2. The van der Waals surface area contributed by atoms with Crippen molar-refractivity contribution in [3.63, 3.8) is 0 Å². The summed E-state index contributed by atoms with van der Waals surface area (Å²) < 4.78 is 38.8. The number of benzene rings is 1. The van der Waals surface area contributed by atoms with E-state index in [9.17, 15) is 13.2 Å². The molecule has 0 atom stereocenters. The van der Waals surface area contributed by atoms with E-state index in [1.54, 1.807) is 12.1 Å². The zero-order valence-electron chi connectivity index (χ0n) is 12.0. The summed E-state index contributed by atoms with van der Waals surface area (Å²) in [5.41, 5.74) is 6.00. The Kier molecular flexibility index (Phi) is 3.86. The lowest BCUT2D eigenvalue weighted by Crippen LogP contribution is -2.28. The molecule has 0 amide bonds. The average molecular weight is 298 g/mol. The van der Waals surface area contributed by atoms with Crippen LogP contribution in [0.4, 0.5) is 18.9 Å². The molecule has 2 fully saturated rings. The predicted molar refractivity (Wildman–Crippen MR) is 77.0 cm³/mol. The molecule has 21 heavy (non-hydrogen) atoms. The molecule has 2 saturated carbocycles. The molecule has 1 aromatic rings. The Morgan fingerprint density at radius 2 is 1.62 bits per heavy atom. The van der Waals surface area contributed by atoms with E-state index in [1.165, 1.54) is 31.7 Å². The normalized spacial score (nSPS) is 18.9. The first-order chi connectivity index (χ1) is 9.97. The molecule has 2 N–H and O–H groups in total. The van der Waals surface area contributed by atoms with Gasteiger partial charge in [-0.2, -0.15) is 13.2 Å². The summed E-state index contributed by atoms with van der Waals surface area (Å²) in [5.74, 6) is 1.43. The van der Waals surface area contributed by atoms with Gasteiger partial charge in [-0.05, 0) is 61.3 Å². The van der Waals surface area contributed by atoms with Crippen LogP contribution in [0.3, 0.4) is 0 Å². The Balaban J connectivity index is 1.84. The molecule has 5 heteroatoms. The maximum Gasteiger partial charge on any atom is 0.416 e. The van der Waals surface area contributed by atoms with Crippen molar-refractivity contribution in [3.05, 3.63) is 29.3 Å². The van der Waals surface area contributed by atoms with Gasteiger partial charge in [0.1, 0.15) is 0 Å². The van der Waals surface area contributed by atoms with Crippen molar-refractivity contribution in [2.24, 2.45) is 17.6 Å². The SMILES string of the molecule is NCc1cc(N(CC2CC2)CC2CC2)ccc1C(F)(F)F. The number of hydrogen-bond donors (Lipinski definition) is 1. The molecule has 0 aromatic heterocycles. The first-order valence-corrected chi connectivity index (χ1v) is 7.62. The summed E-state index contributed by atoms with van der Waals surface area (Å²) in [4.78, 5) is 2.26. The van der Waals surface area contributed by atoms with E-state index in [-0.39, 0.29) is 12.1 Å². The third-order valence-electron chi connectivity index (χ3n) is 4.33. The zero-order valence-corrected chi connectivity index (χ0v) is 12.0. The summed E-state index contributed by atoms with van der Waals surface area (Å²) in [6.45, 7) is 1.85. The topological polar surface area (TPSA) is 29.3 Å². The molecular weight excluding hydrogens is 277 g/mol. The number of nitrogens with zero attached hydrogens (tertiary/aromatic N) is 1. The van der Waals surface area contributed by atoms with Gasteiger partial charge in [-0.1, -0.05) is 0 Å². The summed E-state index contributed by atoms with van der Waals surface area (Å²) in [7, 11) is 0. The summed E-state index contributed by atoms with van der Waals surface area (Å²) in [6.07, 6.45) is 0.638. The molecule has 2 aliphatic rings. The molecule has 0 aliphatic heterocycles. The summed E-state index contributed by atoms with van der Waals surface area (Å²) >= 11 is 0. The number of rotatable bonds is 6. The van der Waals surface area contributed by atoms with Crippen molar-refractivity contribution in [2.75, 3.05) is 18.0 Å². The number of anilines is 1. The first-order valence-electron chi connectivity index (χ1n) is 7.62. The smallest absolute Gasteiger partial charge is 0.371 e. The van der Waals surface area contributed by atoms with Crippen LogP contribution in [0.1, 0.15) is 36.8 Å². The lowest BCUT2D eigenvalue weighted by molar-refractivity contribution is -0.138. The highest BCUT2D eigenvalue weighted by Crippen LogP contribution is 2.38. The predicted octanol–water partition coefficient (Wildman–Crippen LogP) is 3.79. The average Bonchev–Trinajstić information content (AvgIpc) is 3.31. The maximum atomic E-state index is 12.9. The van der Waals surface area contributed by atoms with Gasteiger partial charge in [0.2, 0.25) is 0 Å². The third-order valence-corrected chi connectivity index (χ3v) is 4.33. The third kappa shape index (κ3) is 3.70. The van der Waals surface area contributed by atoms with E-state index in [0.717, 1.165) is 18.8 Å². The highest BCUT2D eigenvalue weighted by Gasteiger charge is 2.34. The quantitative estimate of drug-likeness (QED) is 0.865. The largest absolute Gasteiger partial charge is 0.416 e. The van der Waals surface area contributed by atoms with Gasteiger partial charge in [0.25, 0.3) is 0 Å². The summed E-state index contributed by atoms with van der Waals surface area (Å²) in [6, 6.07) is 4.42. The van der Waals surface area contributed by atoms with E-state index < -0.39 is 11.7 Å². The second-order valence-corrected chi connectivity index (χ2v) is 6.34. The number of hydrogen-bond acceptors (Lipinski definition) is 2. The van der Waals surface area contributed by atoms with Crippen molar-refractivity contribution < 1.29 is 13.2 Å². The minimum absolute atomic E-state index is 0.0800. The monoisotopic (exact) mass is 298 g/mol. The number of halogens is 3. The van der Waals surface area contributed by atoms with E-state index in [4.69, 9.17) is 5.73 Å². The minimum atomic E-state index is -4.33. The van der Waals surface area contributed by atoms with Crippen molar-refractivity contribution in [1.82, 2.24) is 0 Å². The van der Waals surface area contributed by atoms with Gasteiger partial charge in [0.15, 0.2) is 0 Å². The second kappa shape index (κ2) is 5.52. The lowest BCUT2D eigenvalue weighted by atomic mass is 10.1. The van der Waals surface area contributed by atoms with Gasteiger partial charge in [-0.25, -0.2) is 0 Å². The van der Waals surface area contributed by atoms with Crippen LogP contribution in [0.25, 0.3) is 0 Å². The molecule has 0 heterocycles. The lowest BCUT2D eigenvalue weighted by Gasteiger charge is -2.26. The van der Waals surface area contributed by atoms with Gasteiger partial charge in [-0.15, -0.1) is 0 Å². The Morgan fingerprint density at radius 1 is 1.05 bits per heavy atom. The fraction of sp³-hybridized carbons (Fsp3) is 0.625. The van der Waals surface area contributed by atoms with E-state index >= 15 is 0 Å². The zero-order chi connectivity index (χ0) is 15.0. The number of alkyl halides is 3. The van der Waals surface area contributed by atoms with Gasteiger partial charge < -0.3 is 10.6 Å². The van der Waals surface area contributed by atoms with E-state index in [1.807, 2.05) is 0 Å². The Labute approximate surface area is 123 Å². The van der Waals surface area contributed by atoms with Crippen molar-refractivity contribution in [1.29, 1.82) is 0 Å². The Morgan fingerprint density at radius 3 is 2.05 bits per heavy atom. The van der Waals surface area contributed by atoms with Crippen LogP contribution in [-0.4, -0.2) is 13.1 Å². The van der Waals surface area contributed by atoms with Crippen LogP contribution >= 0.6 is 0 Å². The second-order valence-electron chi connectivity index (χ2n) is 6.34. The number of nitrogens with two attached hydrogens (primary N) is 1. The van der Waals surface area contributed by atoms with Gasteiger partial charge in [-0.3, -0.25) is 0 Å². The van der Waals surface area contributed by atoms with Crippen molar-refractivity contribution in [2.45, 2.75) is 38.4 Å². The summed E-state index contributed by atoms with van der Waals surface area (Å²) in [5, 5.41) is 0. The van der Waals surface area contributed by atoms with Gasteiger partial charge in [0, 0.05) is 25.3 Å². The van der Waals surface area contributed by atoms with E-state index in [0.29, 0.717) is 11.8 Å². The maximum absolute atomic E-state index is 12.9. The molecule has 0 bridgehead atoms. The van der Waals surface area contributed by atoms with E-state index in [2.05, 4.69) is 4.90 Å². The first kappa shape index (κ1) is 14.7. The van der Waals surface area contributed by atoms with Crippen LogP contribution in [-0.2, 0) is 12.7 Å². The molecule has 116 valence electrons. The Bertz CT molecular complexity index is 491. The molecule has 1 aromatic carbocycles. The molecule has 0 saturated heterocycles. The molecule has 0 radical (unpaired) electrons. The van der Waals surface area contributed by atoms with Crippen LogP contribution in [0, 0.1) is 11.8 Å². The van der Waals surface area contributed by atoms with Crippen LogP contribution in [0.15, 0.2) is 18.2 Å². The highest BCUT2D eigenvalue weighted by molar-refractivity contribution is 5.52. The fourth-order valence-corrected chi connectivity index (χ4v) is 2.73. The molecule has 2 nitrogen and oxygen atoms in total. The highest BCUT2D eigenvalue weighted by atomic mass is 19.4. The van der Waals surface area contributed by atoms with Crippen LogP contribution in [0.5, 0.6) is 0 Å². The minimum Gasteiger partial charge on any atom is -0.371 e. The van der Waals surface area contributed by atoms with Crippen molar-refractivity contribution >= 4 is 5.69 Å². The van der Waals surface area contributed by atoms with Gasteiger partial charge in [0.05, 0.1) is 5.56 Å².